The number of carbonyl (C=O) groups is 1. The zero-order valence-corrected chi connectivity index (χ0v) is 13.0. The van der Waals surface area contributed by atoms with Gasteiger partial charge in [0.1, 0.15) is 17.5 Å². The molecule has 0 bridgehead atoms. The van der Waals surface area contributed by atoms with Gasteiger partial charge in [-0.1, -0.05) is 15.9 Å². The van der Waals surface area contributed by atoms with Crippen molar-refractivity contribution >= 4 is 27.6 Å². The average molecular weight is 374 g/mol. The van der Waals surface area contributed by atoms with Gasteiger partial charge in [0.25, 0.3) is 0 Å². The number of nitrogens with one attached hydrogen (secondary N) is 1. The third-order valence-corrected chi connectivity index (χ3v) is 3.43. The molecule has 2 rings (SSSR count). The van der Waals surface area contributed by atoms with Gasteiger partial charge in [0.2, 0.25) is 0 Å². The third-order valence-electron chi connectivity index (χ3n) is 2.94. The Bertz CT molecular complexity index is 722. The molecule has 1 N–H and O–H groups in total. The van der Waals surface area contributed by atoms with Crippen LogP contribution in [0.1, 0.15) is 15.9 Å². The fourth-order valence-electron chi connectivity index (χ4n) is 1.82. The van der Waals surface area contributed by atoms with E-state index in [4.69, 9.17) is 0 Å². The van der Waals surface area contributed by atoms with Crippen LogP contribution in [-0.2, 0) is 11.3 Å². The van der Waals surface area contributed by atoms with Crippen molar-refractivity contribution in [2.45, 2.75) is 6.54 Å². The van der Waals surface area contributed by atoms with Crippen LogP contribution in [0.4, 0.5) is 18.9 Å². The molecule has 0 amide bonds. The van der Waals surface area contributed by atoms with E-state index in [0.29, 0.717) is 10.5 Å². The van der Waals surface area contributed by atoms with Gasteiger partial charge in [0.15, 0.2) is 0 Å². The van der Waals surface area contributed by atoms with Crippen molar-refractivity contribution in [3.8, 4) is 0 Å². The quantitative estimate of drug-likeness (QED) is 0.813. The molecule has 7 heteroatoms. The Labute approximate surface area is 133 Å². The van der Waals surface area contributed by atoms with Crippen molar-refractivity contribution in [3.63, 3.8) is 0 Å². The van der Waals surface area contributed by atoms with Gasteiger partial charge in [-0.15, -0.1) is 0 Å². The van der Waals surface area contributed by atoms with E-state index in [9.17, 15) is 18.0 Å². The largest absolute Gasteiger partial charge is 0.465 e. The lowest BCUT2D eigenvalue weighted by Gasteiger charge is -2.11. The van der Waals surface area contributed by atoms with Crippen molar-refractivity contribution in [3.05, 3.63) is 63.4 Å². The van der Waals surface area contributed by atoms with E-state index >= 15 is 0 Å². The van der Waals surface area contributed by atoms with E-state index in [0.717, 1.165) is 13.2 Å². The maximum Gasteiger partial charge on any atom is 0.340 e. The van der Waals surface area contributed by atoms with Gasteiger partial charge < -0.3 is 10.1 Å². The molecule has 0 aromatic heterocycles. The second-order valence-corrected chi connectivity index (χ2v) is 5.31. The van der Waals surface area contributed by atoms with Gasteiger partial charge in [-0.25, -0.2) is 18.0 Å². The normalized spacial score (nSPS) is 10.4. The van der Waals surface area contributed by atoms with Gasteiger partial charge in [-0.3, -0.25) is 0 Å². The molecule has 0 spiro atoms. The van der Waals surface area contributed by atoms with Crippen molar-refractivity contribution < 1.29 is 22.7 Å². The topological polar surface area (TPSA) is 38.3 Å². The summed E-state index contributed by atoms with van der Waals surface area (Å²) in [4.78, 5) is 11.4. The number of hydrogen-bond acceptors (Lipinski definition) is 3. The molecule has 0 atom stereocenters. The summed E-state index contributed by atoms with van der Waals surface area (Å²) in [6.45, 7) is -0.0333. The lowest BCUT2D eigenvalue weighted by atomic mass is 10.1. The molecule has 0 unspecified atom stereocenters. The monoisotopic (exact) mass is 373 g/mol. The van der Waals surface area contributed by atoms with Crippen LogP contribution in [-0.4, -0.2) is 13.1 Å². The highest BCUT2D eigenvalue weighted by molar-refractivity contribution is 9.10. The summed E-state index contributed by atoms with van der Waals surface area (Å²) in [5, 5.41) is 2.63. The number of methoxy groups -OCH3 is 1. The predicted molar refractivity (Wildman–Crippen MR) is 79.1 cm³/mol. The smallest absolute Gasteiger partial charge is 0.340 e. The van der Waals surface area contributed by atoms with E-state index in [1.165, 1.54) is 18.2 Å². The van der Waals surface area contributed by atoms with Crippen molar-refractivity contribution in [2.75, 3.05) is 12.4 Å². The molecule has 0 fully saturated rings. The molecule has 0 radical (unpaired) electrons. The van der Waals surface area contributed by atoms with Crippen LogP contribution in [0.25, 0.3) is 0 Å². The summed E-state index contributed by atoms with van der Waals surface area (Å²) in [5.74, 6) is -3.30. The first-order valence-corrected chi connectivity index (χ1v) is 6.97. The molecule has 116 valence electrons. The van der Waals surface area contributed by atoms with Crippen molar-refractivity contribution in [2.24, 2.45) is 0 Å². The first-order chi connectivity index (χ1) is 10.4. The highest BCUT2D eigenvalue weighted by atomic mass is 79.9. The second-order valence-electron chi connectivity index (χ2n) is 4.39. The molecule has 0 heterocycles. The lowest BCUT2D eigenvalue weighted by Crippen LogP contribution is -2.09. The molecule has 0 aliphatic carbocycles. The standard InChI is InChI=1S/C15H11BrF3NO2/c1-22-15(21)10-5-14(13(19)6-12(10)18)20-7-8-4-9(16)2-3-11(8)17/h2-6,20H,7H2,1H3. The van der Waals surface area contributed by atoms with E-state index in [-0.39, 0.29) is 17.8 Å². The molecule has 3 nitrogen and oxygen atoms in total. The van der Waals surface area contributed by atoms with E-state index in [2.05, 4.69) is 26.0 Å². The van der Waals surface area contributed by atoms with Crippen LogP contribution >= 0.6 is 15.9 Å². The van der Waals surface area contributed by atoms with E-state index in [1.54, 1.807) is 0 Å². The minimum atomic E-state index is -1.02. The Kier molecular flexibility index (Phi) is 5.07. The van der Waals surface area contributed by atoms with Gasteiger partial charge in [-0.2, -0.15) is 0 Å². The van der Waals surface area contributed by atoms with E-state index < -0.39 is 29.0 Å². The lowest BCUT2D eigenvalue weighted by molar-refractivity contribution is 0.0595. The maximum atomic E-state index is 13.7. The second kappa shape index (κ2) is 6.83. The zero-order chi connectivity index (χ0) is 16.3. The fourth-order valence-corrected chi connectivity index (χ4v) is 2.23. The van der Waals surface area contributed by atoms with Crippen LogP contribution in [0.3, 0.4) is 0 Å². The highest BCUT2D eigenvalue weighted by Gasteiger charge is 2.16. The average Bonchev–Trinajstić information content (AvgIpc) is 2.49. The first kappa shape index (κ1) is 16.4. The minimum absolute atomic E-state index is 0.0333. The summed E-state index contributed by atoms with van der Waals surface area (Å²) in [6.07, 6.45) is 0. The molecule has 0 saturated carbocycles. The summed E-state index contributed by atoms with van der Waals surface area (Å²) in [7, 11) is 1.09. The van der Waals surface area contributed by atoms with Crippen LogP contribution in [0.5, 0.6) is 0 Å². The third kappa shape index (κ3) is 3.59. The summed E-state index contributed by atoms with van der Waals surface area (Å²) in [6, 6.07) is 5.90. The summed E-state index contributed by atoms with van der Waals surface area (Å²) < 4.78 is 45.9. The first-order valence-electron chi connectivity index (χ1n) is 6.17. The minimum Gasteiger partial charge on any atom is -0.465 e. The van der Waals surface area contributed by atoms with Gasteiger partial charge in [0.05, 0.1) is 18.4 Å². The number of rotatable bonds is 4. The molecule has 0 aliphatic heterocycles. The Balaban J connectivity index is 2.26. The van der Waals surface area contributed by atoms with Crippen molar-refractivity contribution in [1.82, 2.24) is 0 Å². The zero-order valence-electron chi connectivity index (χ0n) is 11.4. The summed E-state index contributed by atoms with van der Waals surface area (Å²) in [5.41, 5.74) is -0.236. The van der Waals surface area contributed by atoms with Crippen LogP contribution in [0.15, 0.2) is 34.8 Å². The maximum absolute atomic E-state index is 13.7. The molecule has 2 aromatic rings. The van der Waals surface area contributed by atoms with Crippen molar-refractivity contribution in [1.29, 1.82) is 0 Å². The molecular weight excluding hydrogens is 363 g/mol. The van der Waals surface area contributed by atoms with E-state index in [1.807, 2.05) is 0 Å². The number of esters is 1. The van der Waals surface area contributed by atoms with Gasteiger partial charge in [-0.05, 0) is 24.3 Å². The van der Waals surface area contributed by atoms with Crippen LogP contribution in [0, 0.1) is 17.5 Å². The molecule has 0 aliphatic rings. The Hall–Kier alpha value is -2.02. The highest BCUT2D eigenvalue weighted by Crippen LogP contribution is 2.22. The molecule has 22 heavy (non-hydrogen) atoms. The van der Waals surface area contributed by atoms with Gasteiger partial charge >= 0.3 is 5.97 Å². The number of benzene rings is 2. The van der Waals surface area contributed by atoms with Crippen LogP contribution < -0.4 is 5.32 Å². The number of halogens is 4. The number of ether oxygens (including phenoxy) is 1. The molecule has 0 saturated heterocycles. The predicted octanol–water partition coefficient (Wildman–Crippen LogP) is 4.27. The Morgan fingerprint density at radius 1 is 1.14 bits per heavy atom. The molecule has 2 aromatic carbocycles. The number of carbonyl (C=O) groups excluding carboxylic acids is 1. The summed E-state index contributed by atoms with van der Waals surface area (Å²) >= 11 is 3.21. The number of hydrogen-bond donors (Lipinski definition) is 1. The SMILES string of the molecule is COC(=O)c1cc(NCc2cc(Br)ccc2F)c(F)cc1F. The Morgan fingerprint density at radius 3 is 2.55 bits per heavy atom. The molecular formula is C15H11BrF3NO2. The Morgan fingerprint density at radius 2 is 1.86 bits per heavy atom. The number of anilines is 1. The van der Waals surface area contributed by atoms with Crippen LogP contribution in [0.2, 0.25) is 0 Å². The van der Waals surface area contributed by atoms with Gasteiger partial charge in [0, 0.05) is 22.6 Å². The fraction of sp³-hybridized carbons (Fsp3) is 0.133.